The summed E-state index contributed by atoms with van der Waals surface area (Å²) in [5.74, 6) is 0.516. The van der Waals surface area contributed by atoms with Gasteiger partial charge in [0.15, 0.2) is 0 Å². The van der Waals surface area contributed by atoms with Crippen LogP contribution in [0.15, 0.2) is 38.0 Å². The summed E-state index contributed by atoms with van der Waals surface area (Å²) in [5, 5.41) is 7.42. The SMILES string of the molecule is Brc1cc(Br)cc(-c2nnco2)c1. The van der Waals surface area contributed by atoms with Gasteiger partial charge in [0.05, 0.1) is 0 Å². The lowest BCUT2D eigenvalue weighted by molar-refractivity contribution is 0.568. The second kappa shape index (κ2) is 3.59. The highest BCUT2D eigenvalue weighted by molar-refractivity contribution is 9.11. The average Bonchev–Trinajstić information content (AvgIpc) is 2.53. The van der Waals surface area contributed by atoms with Gasteiger partial charge in [-0.2, -0.15) is 0 Å². The highest BCUT2D eigenvalue weighted by Crippen LogP contribution is 2.25. The topological polar surface area (TPSA) is 38.9 Å². The maximum Gasteiger partial charge on any atom is 0.247 e. The van der Waals surface area contributed by atoms with E-state index in [2.05, 4.69) is 42.1 Å². The molecule has 2 aromatic rings. The van der Waals surface area contributed by atoms with E-state index < -0.39 is 0 Å². The van der Waals surface area contributed by atoms with E-state index in [0.29, 0.717) is 5.89 Å². The van der Waals surface area contributed by atoms with Gasteiger partial charge in [0.2, 0.25) is 12.3 Å². The summed E-state index contributed by atoms with van der Waals surface area (Å²) in [7, 11) is 0. The molecule has 0 N–H and O–H groups in total. The molecule has 1 aromatic heterocycles. The van der Waals surface area contributed by atoms with Crippen LogP contribution < -0.4 is 0 Å². The predicted octanol–water partition coefficient (Wildman–Crippen LogP) is 3.26. The maximum absolute atomic E-state index is 5.07. The first-order chi connectivity index (χ1) is 6.25. The lowest BCUT2D eigenvalue weighted by Crippen LogP contribution is -1.78. The Balaban J connectivity index is 2.53. The Hall–Kier alpha value is -0.680. The molecule has 1 heterocycles. The molecule has 0 amide bonds. The van der Waals surface area contributed by atoms with Crippen LogP contribution in [0.5, 0.6) is 0 Å². The Morgan fingerprint density at radius 3 is 2.31 bits per heavy atom. The summed E-state index contributed by atoms with van der Waals surface area (Å²) < 4.78 is 7.00. The molecular formula is C8H4Br2N2O. The van der Waals surface area contributed by atoms with E-state index in [1.54, 1.807) is 0 Å². The maximum atomic E-state index is 5.07. The van der Waals surface area contributed by atoms with Gasteiger partial charge in [0.1, 0.15) is 0 Å². The number of rotatable bonds is 1. The number of benzene rings is 1. The van der Waals surface area contributed by atoms with E-state index in [9.17, 15) is 0 Å². The third-order valence-electron chi connectivity index (χ3n) is 1.47. The van der Waals surface area contributed by atoms with Crippen LogP contribution in [-0.4, -0.2) is 10.2 Å². The second-order valence-electron chi connectivity index (χ2n) is 2.40. The molecule has 0 saturated carbocycles. The summed E-state index contributed by atoms with van der Waals surface area (Å²) >= 11 is 6.76. The monoisotopic (exact) mass is 302 g/mol. The van der Waals surface area contributed by atoms with Crippen LogP contribution in [0.3, 0.4) is 0 Å². The smallest absolute Gasteiger partial charge is 0.247 e. The van der Waals surface area contributed by atoms with Gasteiger partial charge >= 0.3 is 0 Å². The molecule has 5 heteroatoms. The molecule has 0 saturated heterocycles. The van der Waals surface area contributed by atoms with E-state index in [1.165, 1.54) is 6.39 Å². The quantitative estimate of drug-likeness (QED) is 0.811. The second-order valence-corrected chi connectivity index (χ2v) is 4.23. The molecule has 66 valence electrons. The molecule has 1 aromatic carbocycles. The van der Waals surface area contributed by atoms with Gasteiger partial charge in [-0.05, 0) is 18.2 Å². The molecule has 0 aliphatic carbocycles. The van der Waals surface area contributed by atoms with Gasteiger partial charge in [0.25, 0.3) is 0 Å². The lowest BCUT2D eigenvalue weighted by atomic mass is 10.2. The van der Waals surface area contributed by atoms with E-state index in [0.717, 1.165) is 14.5 Å². The fourth-order valence-corrected chi connectivity index (χ4v) is 2.27. The number of hydrogen-bond donors (Lipinski definition) is 0. The minimum atomic E-state index is 0.516. The highest BCUT2D eigenvalue weighted by atomic mass is 79.9. The molecule has 3 nitrogen and oxygen atoms in total. The highest BCUT2D eigenvalue weighted by Gasteiger charge is 2.04. The zero-order valence-electron chi connectivity index (χ0n) is 6.37. The zero-order chi connectivity index (χ0) is 9.26. The standard InChI is InChI=1S/C8H4Br2N2O/c9-6-1-5(2-7(10)3-6)8-12-11-4-13-8/h1-4H. The minimum absolute atomic E-state index is 0.516. The molecular weight excluding hydrogens is 300 g/mol. The third-order valence-corrected chi connectivity index (χ3v) is 2.39. The van der Waals surface area contributed by atoms with Crippen molar-refractivity contribution in [2.75, 3.05) is 0 Å². The Labute approximate surface area is 91.4 Å². The molecule has 0 aliphatic heterocycles. The van der Waals surface area contributed by atoms with Gasteiger partial charge in [-0.25, -0.2) is 0 Å². The van der Waals surface area contributed by atoms with Crippen LogP contribution in [-0.2, 0) is 0 Å². The first-order valence-electron chi connectivity index (χ1n) is 3.48. The van der Waals surface area contributed by atoms with Crippen molar-refractivity contribution in [1.29, 1.82) is 0 Å². The van der Waals surface area contributed by atoms with E-state index in [4.69, 9.17) is 4.42 Å². The third kappa shape index (κ3) is 1.97. The van der Waals surface area contributed by atoms with Gasteiger partial charge in [0, 0.05) is 14.5 Å². The first kappa shape index (κ1) is 8.90. The normalized spacial score (nSPS) is 10.3. The summed E-state index contributed by atoms with van der Waals surface area (Å²) in [4.78, 5) is 0. The van der Waals surface area contributed by atoms with Crippen molar-refractivity contribution < 1.29 is 4.42 Å². The predicted molar refractivity (Wildman–Crippen MR) is 55.1 cm³/mol. The van der Waals surface area contributed by atoms with E-state index in [1.807, 2.05) is 18.2 Å². The number of hydrogen-bond acceptors (Lipinski definition) is 3. The molecule has 0 aliphatic rings. The van der Waals surface area contributed by atoms with Crippen molar-refractivity contribution in [2.24, 2.45) is 0 Å². The number of halogens is 2. The molecule has 2 rings (SSSR count). The Morgan fingerprint density at radius 2 is 1.77 bits per heavy atom. The van der Waals surface area contributed by atoms with Gasteiger partial charge in [-0.3, -0.25) is 0 Å². The van der Waals surface area contributed by atoms with Crippen LogP contribution in [0.4, 0.5) is 0 Å². The van der Waals surface area contributed by atoms with Gasteiger partial charge in [-0.1, -0.05) is 31.9 Å². The fourth-order valence-electron chi connectivity index (χ4n) is 0.976. The average molecular weight is 304 g/mol. The summed E-state index contributed by atoms with van der Waals surface area (Å²) in [6.45, 7) is 0. The molecule has 0 bridgehead atoms. The van der Waals surface area contributed by atoms with Crippen LogP contribution in [0.2, 0.25) is 0 Å². The molecule has 0 radical (unpaired) electrons. The van der Waals surface area contributed by atoms with Crippen LogP contribution >= 0.6 is 31.9 Å². The van der Waals surface area contributed by atoms with E-state index in [-0.39, 0.29) is 0 Å². The Morgan fingerprint density at radius 1 is 1.08 bits per heavy atom. The molecule has 13 heavy (non-hydrogen) atoms. The van der Waals surface area contributed by atoms with Crippen LogP contribution in [0.1, 0.15) is 0 Å². The van der Waals surface area contributed by atoms with Gasteiger partial charge in [-0.15, -0.1) is 10.2 Å². The number of nitrogens with zero attached hydrogens (tertiary/aromatic N) is 2. The van der Waals surface area contributed by atoms with Crippen molar-refractivity contribution in [3.8, 4) is 11.5 Å². The van der Waals surface area contributed by atoms with Crippen LogP contribution in [0, 0.1) is 0 Å². The molecule has 0 spiro atoms. The molecule has 0 unspecified atom stereocenters. The number of aromatic nitrogens is 2. The fraction of sp³-hybridized carbons (Fsp3) is 0. The Kier molecular flexibility index (Phi) is 2.46. The van der Waals surface area contributed by atoms with Gasteiger partial charge < -0.3 is 4.42 Å². The largest absolute Gasteiger partial charge is 0.423 e. The van der Waals surface area contributed by atoms with Crippen molar-refractivity contribution in [3.05, 3.63) is 33.5 Å². The van der Waals surface area contributed by atoms with Crippen molar-refractivity contribution in [3.63, 3.8) is 0 Å². The Bertz CT molecular complexity index is 394. The summed E-state index contributed by atoms with van der Waals surface area (Å²) in [6, 6.07) is 5.77. The minimum Gasteiger partial charge on any atom is -0.423 e. The molecule has 0 atom stereocenters. The summed E-state index contributed by atoms with van der Waals surface area (Å²) in [5.41, 5.74) is 0.888. The summed E-state index contributed by atoms with van der Waals surface area (Å²) in [6.07, 6.45) is 1.31. The van der Waals surface area contributed by atoms with Crippen molar-refractivity contribution in [1.82, 2.24) is 10.2 Å². The van der Waals surface area contributed by atoms with E-state index >= 15 is 0 Å². The van der Waals surface area contributed by atoms with Crippen LogP contribution in [0.25, 0.3) is 11.5 Å². The van der Waals surface area contributed by atoms with Crippen molar-refractivity contribution in [2.45, 2.75) is 0 Å². The lowest BCUT2D eigenvalue weighted by Gasteiger charge is -1.97. The van der Waals surface area contributed by atoms with Crippen molar-refractivity contribution >= 4 is 31.9 Å². The zero-order valence-corrected chi connectivity index (χ0v) is 9.54. The molecule has 0 fully saturated rings. The first-order valence-corrected chi connectivity index (χ1v) is 5.07.